The average Bonchev–Trinajstić information content (AvgIpc) is 3.11. The number of nitrogens with one attached hydrogen (secondary N) is 1. The van der Waals surface area contributed by atoms with Crippen molar-refractivity contribution in [1.29, 1.82) is 0 Å². The van der Waals surface area contributed by atoms with Crippen molar-refractivity contribution in [3.05, 3.63) is 56.8 Å². The second kappa shape index (κ2) is 8.63. The molecule has 4 nitrogen and oxygen atoms in total. The number of carbonyl (C=O) groups excluding carboxylic acids is 1. The van der Waals surface area contributed by atoms with Gasteiger partial charge >= 0.3 is 0 Å². The van der Waals surface area contributed by atoms with Crippen LogP contribution in [-0.2, 0) is 0 Å². The van der Waals surface area contributed by atoms with Crippen molar-refractivity contribution in [2.45, 2.75) is 13.0 Å². The number of hydrogen-bond donors (Lipinski definition) is 1. The van der Waals surface area contributed by atoms with Crippen LogP contribution in [0.15, 0.2) is 34.7 Å². The highest BCUT2D eigenvalue weighted by molar-refractivity contribution is 7.21. The molecule has 3 rings (SSSR count). The van der Waals surface area contributed by atoms with E-state index in [-0.39, 0.29) is 24.4 Å². The number of hydrogen-bond acceptors (Lipinski definition) is 4. The number of rotatable bonds is 5. The molecule has 2 aromatic heterocycles. The number of thiophene rings is 1. The molecule has 26 heavy (non-hydrogen) atoms. The van der Waals surface area contributed by atoms with Crippen molar-refractivity contribution in [3.8, 4) is 0 Å². The Morgan fingerprint density at radius 2 is 2.00 bits per heavy atom. The summed E-state index contributed by atoms with van der Waals surface area (Å²) < 4.78 is 6.60. The highest BCUT2D eigenvalue weighted by Crippen LogP contribution is 2.36. The summed E-state index contributed by atoms with van der Waals surface area (Å²) in [6.07, 6.45) is 0. The summed E-state index contributed by atoms with van der Waals surface area (Å²) in [6, 6.07) is 9.21. The Balaban J connectivity index is 0.00000243. The van der Waals surface area contributed by atoms with E-state index in [0.29, 0.717) is 21.5 Å². The van der Waals surface area contributed by atoms with Gasteiger partial charge in [-0.15, -0.1) is 23.7 Å². The molecule has 0 aliphatic rings. The second-order valence-electron chi connectivity index (χ2n) is 6.02. The Kier molecular flexibility index (Phi) is 6.99. The Morgan fingerprint density at radius 3 is 2.62 bits per heavy atom. The molecule has 2 heterocycles. The lowest BCUT2D eigenvalue weighted by Gasteiger charge is -2.22. The molecular formula is C18H19Cl3N2O2S. The van der Waals surface area contributed by atoms with E-state index < -0.39 is 0 Å². The van der Waals surface area contributed by atoms with Crippen LogP contribution in [0, 0.1) is 6.92 Å². The Labute approximate surface area is 172 Å². The minimum absolute atomic E-state index is 0. The summed E-state index contributed by atoms with van der Waals surface area (Å²) in [5.41, 5.74) is 0. The van der Waals surface area contributed by atoms with Crippen molar-refractivity contribution in [2.24, 2.45) is 0 Å². The van der Waals surface area contributed by atoms with Crippen LogP contribution in [0.25, 0.3) is 10.1 Å². The molecular weight excluding hydrogens is 415 g/mol. The third-order valence-electron chi connectivity index (χ3n) is 3.97. The largest absolute Gasteiger partial charge is 0.465 e. The van der Waals surface area contributed by atoms with Gasteiger partial charge in [0.25, 0.3) is 5.91 Å². The van der Waals surface area contributed by atoms with Gasteiger partial charge in [0.05, 0.1) is 11.1 Å². The smallest absolute Gasteiger partial charge is 0.263 e. The molecule has 0 aliphatic heterocycles. The number of benzene rings is 1. The van der Waals surface area contributed by atoms with Crippen LogP contribution in [0.4, 0.5) is 0 Å². The van der Waals surface area contributed by atoms with Crippen LogP contribution in [-0.4, -0.2) is 31.4 Å². The summed E-state index contributed by atoms with van der Waals surface area (Å²) in [5.74, 6) is 1.46. The van der Waals surface area contributed by atoms with Gasteiger partial charge in [0.2, 0.25) is 0 Å². The van der Waals surface area contributed by atoms with Gasteiger partial charge in [0.1, 0.15) is 16.4 Å². The first-order valence-electron chi connectivity index (χ1n) is 7.75. The summed E-state index contributed by atoms with van der Waals surface area (Å²) in [4.78, 5) is 15.1. The summed E-state index contributed by atoms with van der Waals surface area (Å²) in [5, 5.41) is 4.88. The number of amides is 1. The first-order valence-corrected chi connectivity index (χ1v) is 9.32. The maximum atomic E-state index is 12.6. The fourth-order valence-electron chi connectivity index (χ4n) is 2.62. The zero-order chi connectivity index (χ0) is 18.1. The van der Waals surface area contributed by atoms with E-state index in [2.05, 4.69) is 5.32 Å². The molecule has 0 spiro atoms. The van der Waals surface area contributed by atoms with Gasteiger partial charge in [-0.2, -0.15) is 0 Å². The highest BCUT2D eigenvalue weighted by Gasteiger charge is 2.21. The summed E-state index contributed by atoms with van der Waals surface area (Å²) in [7, 11) is 3.90. The average molecular weight is 434 g/mol. The predicted molar refractivity (Wildman–Crippen MR) is 111 cm³/mol. The van der Waals surface area contributed by atoms with Gasteiger partial charge in [0, 0.05) is 21.7 Å². The lowest BCUT2D eigenvalue weighted by Crippen LogP contribution is -2.34. The molecule has 1 N–H and O–H groups in total. The molecule has 0 bridgehead atoms. The maximum Gasteiger partial charge on any atom is 0.263 e. The van der Waals surface area contributed by atoms with E-state index in [9.17, 15) is 4.79 Å². The van der Waals surface area contributed by atoms with Crippen LogP contribution in [0.5, 0.6) is 0 Å². The predicted octanol–water partition coefficient (Wildman–Crippen LogP) is 5.56. The van der Waals surface area contributed by atoms with Crippen LogP contribution >= 0.6 is 46.9 Å². The SMILES string of the molecule is Cc1ccc(C(CNC(=O)c2sc3cc(Cl)ccc3c2Cl)N(C)C)o1.Cl. The van der Waals surface area contributed by atoms with Crippen molar-refractivity contribution in [2.75, 3.05) is 20.6 Å². The number of fused-ring (bicyclic) bond motifs is 1. The van der Waals surface area contributed by atoms with Gasteiger partial charge in [-0.3, -0.25) is 9.69 Å². The minimum Gasteiger partial charge on any atom is -0.465 e. The van der Waals surface area contributed by atoms with E-state index in [4.69, 9.17) is 27.6 Å². The monoisotopic (exact) mass is 432 g/mol. The van der Waals surface area contributed by atoms with Crippen molar-refractivity contribution < 1.29 is 9.21 Å². The Hall–Kier alpha value is -1.24. The molecule has 0 saturated carbocycles. The molecule has 0 fully saturated rings. The fraction of sp³-hybridized carbons (Fsp3) is 0.278. The quantitative estimate of drug-likeness (QED) is 0.572. The molecule has 3 aromatic rings. The van der Waals surface area contributed by atoms with E-state index in [0.717, 1.165) is 21.6 Å². The zero-order valence-electron chi connectivity index (χ0n) is 14.5. The first kappa shape index (κ1) is 21.1. The molecule has 1 unspecified atom stereocenters. The molecule has 1 aromatic carbocycles. The molecule has 1 amide bonds. The molecule has 140 valence electrons. The van der Waals surface area contributed by atoms with E-state index in [1.807, 2.05) is 50.2 Å². The van der Waals surface area contributed by atoms with Gasteiger partial charge < -0.3 is 9.73 Å². The standard InChI is InChI=1S/C18H18Cl2N2O2S.ClH/c1-10-4-7-14(24-10)13(22(2)3)9-21-18(23)17-16(20)12-6-5-11(19)8-15(12)25-17;/h4-8,13H,9H2,1-3H3,(H,21,23);1H. The third kappa shape index (κ3) is 4.35. The number of carbonyl (C=O) groups is 1. The number of likely N-dealkylation sites (N-methyl/N-ethyl adjacent to an activating group) is 1. The first-order chi connectivity index (χ1) is 11.9. The molecule has 1 atom stereocenters. The second-order valence-corrected chi connectivity index (χ2v) is 7.89. The van der Waals surface area contributed by atoms with Gasteiger partial charge in [-0.1, -0.05) is 29.3 Å². The van der Waals surface area contributed by atoms with Crippen LogP contribution in [0.1, 0.15) is 27.2 Å². The van der Waals surface area contributed by atoms with Crippen molar-refractivity contribution in [3.63, 3.8) is 0 Å². The number of halogens is 3. The van der Waals surface area contributed by atoms with Gasteiger partial charge in [0.15, 0.2) is 0 Å². The van der Waals surface area contributed by atoms with Gasteiger partial charge in [-0.25, -0.2) is 0 Å². The van der Waals surface area contributed by atoms with Crippen LogP contribution < -0.4 is 5.32 Å². The Bertz CT molecular complexity index is 920. The minimum atomic E-state index is -0.197. The zero-order valence-corrected chi connectivity index (χ0v) is 17.7. The van der Waals surface area contributed by atoms with E-state index in [1.54, 1.807) is 6.07 Å². The lowest BCUT2D eigenvalue weighted by atomic mass is 10.2. The van der Waals surface area contributed by atoms with Gasteiger partial charge in [-0.05, 0) is 45.3 Å². The summed E-state index contributed by atoms with van der Waals surface area (Å²) >= 11 is 13.7. The van der Waals surface area contributed by atoms with Crippen LogP contribution in [0.3, 0.4) is 0 Å². The number of furan rings is 1. The molecule has 0 aliphatic carbocycles. The fourth-order valence-corrected chi connectivity index (χ4v) is 4.33. The summed E-state index contributed by atoms with van der Waals surface area (Å²) in [6.45, 7) is 2.32. The van der Waals surface area contributed by atoms with Crippen LogP contribution in [0.2, 0.25) is 10.0 Å². The van der Waals surface area contributed by atoms with Crippen molar-refractivity contribution >= 4 is 62.9 Å². The third-order valence-corrected chi connectivity index (χ3v) is 5.86. The highest BCUT2D eigenvalue weighted by atomic mass is 35.5. The maximum absolute atomic E-state index is 12.6. The lowest BCUT2D eigenvalue weighted by molar-refractivity contribution is 0.0943. The molecule has 8 heteroatoms. The number of nitrogens with zero attached hydrogens (tertiary/aromatic N) is 1. The molecule has 0 saturated heterocycles. The normalized spacial score (nSPS) is 12.2. The van der Waals surface area contributed by atoms with E-state index >= 15 is 0 Å². The topological polar surface area (TPSA) is 45.5 Å². The number of aryl methyl sites for hydroxylation is 1. The van der Waals surface area contributed by atoms with E-state index in [1.165, 1.54) is 11.3 Å². The Morgan fingerprint density at radius 1 is 1.27 bits per heavy atom. The van der Waals surface area contributed by atoms with Crippen molar-refractivity contribution in [1.82, 2.24) is 10.2 Å². The molecule has 0 radical (unpaired) electrons.